The van der Waals surface area contributed by atoms with Gasteiger partial charge in [0.1, 0.15) is 0 Å². The maximum absolute atomic E-state index is 12.1. The summed E-state index contributed by atoms with van der Waals surface area (Å²) in [5, 5.41) is 7.30. The number of amidine groups is 1. The summed E-state index contributed by atoms with van der Waals surface area (Å²) >= 11 is 1.27. The van der Waals surface area contributed by atoms with Gasteiger partial charge in [-0.3, -0.25) is 15.0 Å². The molecule has 0 saturated heterocycles. The van der Waals surface area contributed by atoms with Crippen molar-refractivity contribution in [1.29, 1.82) is 5.41 Å². The van der Waals surface area contributed by atoms with Crippen LogP contribution in [0, 0.1) is 5.41 Å². The minimum Gasteiger partial charge on any atom is -0.379 e. The fourth-order valence-corrected chi connectivity index (χ4v) is 3.00. The molecule has 1 aliphatic rings. The minimum absolute atomic E-state index is 0.0897. The van der Waals surface area contributed by atoms with Crippen molar-refractivity contribution < 1.29 is 9.59 Å². The maximum Gasteiger partial charge on any atom is 0.299 e. The summed E-state index contributed by atoms with van der Waals surface area (Å²) in [6.07, 6.45) is 0. The van der Waals surface area contributed by atoms with Crippen molar-refractivity contribution >= 4 is 34.3 Å². The third-order valence-electron chi connectivity index (χ3n) is 3.64. The van der Waals surface area contributed by atoms with Gasteiger partial charge in [-0.1, -0.05) is 48.2 Å². The Labute approximate surface area is 138 Å². The second kappa shape index (κ2) is 6.26. The molecule has 0 fully saturated rings. The Morgan fingerprint density at radius 3 is 2.39 bits per heavy atom. The van der Waals surface area contributed by atoms with E-state index in [1.165, 1.54) is 16.7 Å². The van der Waals surface area contributed by atoms with Crippen LogP contribution in [-0.4, -0.2) is 16.9 Å². The van der Waals surface area contributed by atoms with E-state index < -0.39 is 11.7 Å². The summed E-state index contributed by atoms with van der Waals surface area (Å²) in [7, 11) is 0. The van der Waals surface area contributed by atoms with E-state index in [-0.39, 0.29) is 5.17 Å². The molecule has 1 heterocycles. The van der Waals surface area contributed by atoms with E-state index in [9.17, 15) is 9.59 Å². The van der Waals surface area contributed by atoms with Crippen molar-refractivity contribution in [3.05, 3.63) is 65.2 Å². The van der Waals surface area contributed by atoms with Crippen LogP contribution < -0.4 is 10.6 Å². The molecule has 0 aromatic heterocycles. The van der Waals surface area contributed by atoms with Gasteiger partial charge in [-0.05, 0) is 23.3 Å². The van der Waals surface area contributed by atoms with Crippen molar-refractivity contribution in [2.24, 2.45) is 5.73 Å². The molecule has 1 amide bonds. The quantitative estimate of drug-likeness (QED) is 0.514. The molecule has 0 radical (unpaired) electrons. The molecule has 1 aliphatic heterocycles. The lowest BCUT2D eigenvalue weighted by molar-refractivity contribution is -0.114. The first-order valence-electron chi connectivity index (χ1n) is 7.06. The van der Waals surface area contributed by atoms with Crippen molar-refractivity contribution in [2.45, 2.75) is 12.3 Å². The van der Waals surface area contributed by atoms with Gasteiger partial charge < -0.3 is 10.6 Å². The fraction of sp³-hybridized carbons (Fsp3) is 0.118. The second-order valence-corrected chi connectivity index (χ2v) is 6.22. The fourth-order valence-electron chi connectivity index (χ4n) is 2.49. The van der Waals surface area contributed by atoms with Gasteiger partial charge in [0.15, 0.2) is 5.17 Å². The van der Waals surface area contributed by atoms with Crippen LogP contribution in [0.3, 0.4) is 0 Å². The molecule has 2 aromatic carbocycles. The summed E-state index contributed by atoms with van der Waals surface area (Å²) in [6.45, 7) is 0.363. The largest absolute Gasteiger partial charge is 0.379 e. The minimum atomic E-state index is -0.484. The highest BCUT2D eigenvalue weighted by molar-refractivity contribution is 8.13. The first kappa shape index (κ1) is 15.3. The van der Waals surface area contributed by atoms with E-state index in [4.69, 9.17) is 11.1 Å². The third-order valence-corrected chi connectivity index (χ3v) is 4.43. The number of carbonyl (C=O) groups excluding carboxylic acids is 2. The first-order valence-corrected chi connectivity index (χ1v) is 8.04. The standard InChI is InChI=1S/C17H15N3O2S/c18-17(19)23-10-12-7-5-11(6-8-12)9-20-14-4-2-1-3-13(14)15(21)16(20)22/h1-8H,9-10H2,(H3,18,19). The highest BCUT2D eigenvalue weighted by Gasteiger charge is 2.35. The topological polar surface area (TPSA) is 87.2 Å². The molecule has 0 bridgehead atoms. The number of thioether (sulfide) groups is 1. The lowest BCUT2D eigenvalue weighted by Crippen LogP contribution is -2.29. The molecule has 3 N–H and O–H groups in total. The van der Waals surface area contributed by atoms with Gasteiger partial charge in [0.05, 0.1) is 17.8 Å². The number of ketones is 1. The van der Waals surface area contributed by atoms with Crippen LogP contribution in [-0.2, 0) is 17.1 Å². The zero-order valence-corrected chi connectivity index (χ0v) is 13.1. The number of fused-ring (bicyclic) bond motifs is 1. The van der Waals surface area contributed by atoms with Crippen LogP contribution in [0.15, 0.2) is 48.5 Å². The number of rotatable bonds is 4. The van der Waals surface area contributed by atoms with E-state index in [0.717, 1.165) is 11.1 Å². The molecule has 0 spiro atoms. The highest BCUT2D eigenvalue weighted by atomic mass is 32.2. The van der Waals surface area contributed by atoms with Gasteiger partial charge in [0.25, 0.3) is 11.7 Å². The van der Waals surface area contributed by atoms with Gasteiger partial charge in [-0.2, -0.15) is 0 Å². The Morgan fingerprint density at radius 2 is 1.70 bits per heavy atom. The number of para-hydroxylation sites is 1. The molecule has 5 nitrogen and oxygen atoms in total. The van der Waals surface area contributed by atoms with Crippen molar-refractivity contribution in [3.63, 3.8) is 0 Å². The molecule has 23 heavy (non-hydrogen) atoms. The number of nitrogens with zero attached hydrogens (tertiary/aromatic N) is 1. The predicted octanol–water partition coefficient (Wildman–Crippen LogP) is 2.54. The second-order valence-electron chi connectivity index (χ2n) is 5.21. The monoisotopic (exact) mass is 325 g/mol. The van der Waals surface area contributed by atoms with E-state index >= 15 is 0 Å². The van der Waals surface area contributed by atoms with Gasteiger partial charge >= 0.3 is 0 Å². The summed E-state index contributed by atoms with van der Waals surface area (Å²) in [6, 6.07) is 14.8. The van der Waals surface area contributed by atoms with Crippen LogP contribution in [0.1, 0.15) is 21.5 Å². The Kier molecular flexibility index (Phi) is 4.16. The van der Waals surface area contributed by atoms with Crippen LogP contribution in [0.2, 0.25) is 0 Å². The Morgan fingerprint density at radius 1 is 1.04 bits per heavy atom. The van der Waals surface area contributed by atoms with E-state index in [2.05, 4.69) is 0 Å². The van der Waals surface area contributed by atoms with Gasteiger partial charge in [-0.15, -0.1) is 0 Å². The van der Waals surface area contributed by atoms with E-state index in [0.29, 0.717) is 23.5 Å². The number of Topliss-reactive ketones (excluding diaryl/α,β-unsaturated/α-hetero) is 1. The predicted molar refractivity (Wildman–Crippen MR) is 91.6 cm³/mol. The van der Waals surface area contributed by atoms with Crippen LogP contribution in [0.4, 0.5) is 5.69 Å². The number of amides is 1. The zero-order valence-electron chi connectivity index (χ0n) is 12.3. The highest BCUT2D eigenvalue weighted by Crippen LogP contribution is 2.30. The number of benzene rings is 2. The Hall–Kier alpha value is -2.60. The van der Waals surface area contributed by atoms with E-state index in [1.54, 1.807) is 18.2 Å². The molecular weight excluding hydrogens is 310 g/mol. The number of nitrogens with one attached hydrogen (secondary N) is 1. The summed E-state index contributed by atoms with van der Waals surface area (Å²) in [5.74, 6) is -0.294. The molecule has 0 saturated carbocycles. The maximum atomic E-state index is 12.1. The molecule has 116 valence electrons. The summed E-state index contributed by atoms with van der Waals surface area (Å²) in [5.41, 5.74) is 8.45. The number of nitrogens with two attached hydrogens (primary N) is 1. The average Bonchev–Trinajstić information content (AvgIpc) is 2.80. The molecule has 0 unspecified atom stereocenters. The average molecular weight is 325 g/mol. The van der Waals surface area contributed by atoms with Gasteiger partial charge in [0.2, 0.25) is 0 Å². The third kappa shape index (κ3) is 3.12. The lowest BCUT2D eigenvalue weighted by Gasteiger charge is -2.16. The SMILES string of the molecule is N=C(N)SCc1ccc(CN2C(=O)C(=O)c3ccccc32)cc1. The first-order chi connectivity index (χ1) is 11.1. The van der Waals surface area contributed by atoms with Crippen LogP contribution in [0.5, 0.6) is 0 Å². The molecule has 0 aliphatic carbocycles. The molecule has 6 heteroatoms. The summed E-state index contributed by atoms with van der Waals surface area (Å²) in [4.78, 5) is 25.6. The summed E-state index contributed by atoms with van der Waals surface area (Å²) < 4.78 is 0. The molecular formula is C17H15N3O2S. The number of anilines is 1. The van der Waals surface area contributed by atoms with Gasteiger partial charge in [-0.25, -0.2) is 0 Å². The van der Waals surface area contributed by atoms with Crippen molar-refractivity contribution in [2.75, 3.05) is 4.90 Å². The van der Waals surface area contributed by atoms with Crippen LogP contribution >= 0.6 is 11.8 Å². The van der Waals surface area contributed by atoms with Crippen molar-refractivity contribution in [1.82, 2.24) is 0 Å². The normalized spacial score (nSPS) is 13.3. The van der Waals surface area contributed by atoms with Gasteiger partial charge in [0, 0.05) is 5.75 Å². The smallest absolute Gasteiger partial charge is 0.299 e. The number of carbonyl (C=O) groups is 2. The van der Waals surface area contributed by atoms with Crippen molar-refractivity contribution in [3.8, 4) is 0 Å². The van der Waals surface area contributed by atoms with E-state index in [1.807, 2.05) is 30.3 Å². The Bertz CT molecular complexity index is 787. The zero-order chi connectivity index (χ0) is 16.4. The molecule has 3 rings (SSSR count). The molecule has 0 atom stereocenters. The molecule has 2 aromatic rings. The van der Waals surface area contributed by atoms with Crippen LogP contribution in [0.25, 0.3) is 0 Å². The lowest BCUT2D eigenvalue weighted by atomic mass is 10.1. The number of hydrogen-bond donors (Lipinski definition) is 2. The Balaban J connectivity index is 1.76. The number of hydrogen-bond acceptors (Lipinski definition) is 4.